The predicted molar refractivity (Wildman–Crippen MR) is 41.6 cm³/mol. The summed E-state index contributed by atoms with van der Waals surface area (Å²) in [4.78, 5) is 0. The Bertz CT molecular complexity index is 390. The van der Waals surface area contributed by atoms with Gasteiger partial charge in [-0.1, -0.05) is 18.2 Å². The lowest BCUT2D eigenvalue weighted by Crippen LogP contribution is -2.04. The summed E-state index contributed by atoms with van der Waals surface area (Å²) in [6.45, 7) is 0. The van der Waals surface area contributed by atoms with Crippen LogP contribution in [0.25, 0.3) is 0 Å². The number of nitriles is 1. The van der Waals surface area contributed by atoms with Crippen molar-refractivity contribution in [2.45, 2.75) is 0 Å². The molecule has 0 saturated carbocycles. The highest BCUT2D eigenvalue weighted by atomic mass is 32.2. The van der Waals surface area contributed by atoms with Gasteiger partial charge in [-0.15, -0.1) is 0 Å². The molecule has 0 aliphatic carbocycles. The molecule has 1 rings (SSSR count). The van der Waals surface area contributed by atoms with Crippen molar-refractivity contribution in [2.24, 2.45) is 0 Å². The molecular weight excluding hydrogens is 178 g/mol. The second kappa shape index (κ2) is 3.24. The van der Waals surface area contributed by atoms with Crippen LogP contribution < -0.4 is 4.18 Å². The molecule has 0 heterocycles. The first-order valence-corrected chi connectivity index (χ1v) is 4.45. The van der Waals surface area contributed by atoms with E-state index < -0.39 is 10.1 Å². The van der Waals surface area contributed by atoms with Crippen molar-refractivity contribution in [1.29, 1.82) is 5.26 Å². The summed E-state index contributed by atoms with van der Waals surface area (Å²) in [7, 11) is -4.07. The lowest BCUT2D eigenvalue weighted by molar-refractivity contribution is 0.498. The summed E-state index contributed by atoms with van der Waals surface area (Å²) in [6, 6.07) is 7.85. The number of thiocyanates is 1. The Hall–Kier alpha value is -1.54. The number of nitrogens with zero attached hydrogens (tertiary/aromatic N) is 1. The van der Waals surface area contributed by atoms with Gasteiger partial charge in [-0.3, -0.25) is 0 Å². The van der Waals surface area contributed by atoms with Crippen LogP contribution in [0.15, 0.2) is 30.3 Å². The fourth-order valence-electron chi connectivity index (χ4n) is 0.621. The van der Waals surface area contributed by atoms with Crippen LogP contribution in [0.1, 0.15) is 0 Å². The highest BCUT2D eigenvalue weighted by molar-refractivity contribution is 7.91. The van der Waals surface area contributed by atoms with Crippen molar-refractivity contribution in [3.05, 3.63) is 30.3 Å². The molecule has 1 aromatic rings. The van der Waals surface area contributed by atoms with Crippen molar-refractivity contribution in [3.63, 3.8) is 0 Å². The lowest BCUT2D eigenvalue weighted by Gasteiger charge is -1.97. The first kappa shape index (κ1) is 8.56. The first-order chi connectivity index (χ1) is 5.64. The monoisotopic (exact) mass is 183 g/mol. The lowest BCUT2D eigenvalue weighted by atomic mass is 10.3. The summed E-state index contributed by atoms with van der Waals surface area (Å²) in [5.74, 6) is 0.138. The van der Waals surface area contributed by atoms with Gasteiger partial charge in [0.15, 0.2) is 0 Å². The average Bonchev–Trinajstić information content (AvgIpc) is 2.06. The van der Waals surface area contributed by atoms with E-state index in [4.69, 9.17) is 5.26 Å². The van der Waals surface area contributed by atoms with Crippen molar-refractivity contribution >= 4 is 10.1 Å². The minimum atomic E-state index is -4.07. The molecule has 5 heteroatoms. The Labute approximate surface area is 70.1 Å². The molecule has 0 aliphatic rings. The summed E-state index contributed by atoms with van der Waals surface area (Å²) in [5.41, 5.74) is 0. The van der Waals surface area contributed by atoms with Gasteiger partial charge in [0.05, 0.1) is 0 Å². The zero-order chi connectivity index (χ0) is 9.03. The molecular formula is C7H5NO3S. The van der Waals surface area contributed by atoms with Gasteiger partial charge in [-0.2, -0.15) is 13.7 Å². The maximum absolute atomic E-state index is 10.6. The van der Waals surface area contributed by atoms with Crippen LogP contribution in [0.5, 0.6) is 5.75 Å². The molecule has 1 aromatic carbocycles. The zero-order valence-corrected chi connectivity index (χ0v) is 6.78. The van der Waals surface area contributed by atoms with E-state index in [1.54, 1.807) is 18.2 Å². The van der Waals surface area contributed by atoms with E-state index in [0.29, 0.717) is 0 Å². The van der Waals surface area contributed by atoms with Crippen molar-refractivity contribution in [3.8, 4) is 11.2 Å². The molecule has 0 bridgehead atoms. The van der Waals surface area contributed by atoms with Crippen molar-refractivity contribution in [1.82, 2.24) is 0 Å². The highest BCUT2D eigenvalue weighted by Gasteiger charge is 2.08. The number of hydrogen-bond acceptors (Lipinski definition) is 4. The van der Waals surface area contributed by atoms with Gasteiger partial charge >= 0.3 is 10.1 Å². The molecule has 0 aromatic heterocycles. The second-order valence-corrected chi connectivity index (χ2v) is 3.20. The van der Waals surface area contributed by atoms with Crippen LogP contribution in [-0.4, -0.2) is 8.42 Å². The predicted octanol–water partition coefficient (Wildman–Crippen LogP) is 0.876. The van der Waals surface area contributed by atoms with Gasteiger partial charge in [0.25, 0.3) is 0 Å². The standard InChI is InChI=1S/C7H5NO3S/c8-6-12(9,10)11-7-4-2-1-3-5-7/h1-5H. The van der Waals surface area contributed by atoms with E-state index >= 15 is 0 Å². The molecule has 0 unspecified atom stereocenters. The molecule has 12 heavy (non-hydrogen) atoms. The smallest absolute Gasteiger partial charge is 0.372 e. The normalized spacial score (nSPS) is 10.2. The fourth-order valence-corrected chi connectivity index (χ4v) is 1.02. The minimum absolute atomic E-state index is 0.138. The van der Waals surface area contributed by atoms with Crippen LogP contribution in [0.3, 0.4) is 0 Å². The van der Waals surface area contributed by atoms with Gasteiger partial charge < -0.3 is 4.18 Å². The summed E-state index contributed by atoms with van der Waals surface area (Å²) < 4.78 is 25.5. The van der Waals surface area contributed by atoms with E-state index in [1.807, 2.05) is 0 Å². The Morgan fingerprint density at radius 1 is 1.25 bits per heavy atom. The zero-order valence-electron chi connectivity index (χ0n) is 5.97. The second-order valence-electron chi connectivity index (χ2n) is 1.94. The average molecular weight is 183 g/mol. The van der Waals surface area contributed by atoms with Gasteiger partial charge in [0.2, 0.25) is 5.40 Å². The highest BCUT2D eigenvalue weighted by Crippen LogP contribution is 2.10. The van der Waals surface area contributed by atoms with Crippen LogP contribution in [0.4, 0.5) is 0 Å². The van der Waals surface area contributed by atoms with Crippen LogP contribution in [-0.2, 0) is 10.1 Å². The summed E-state index contributed by atoms with van der Waals surface area (Å²) in [5, 5.41) is 9.13. The number of hydrogen-bond donors (Lipinski definition) is 0. The van der Waals surface area contributed by atoms with Gasteiger partial charge in [0, 0.05) is 0 Å². The Morgan fingerprint density at radius 3 is 2.33 bits per heavy atom. The Balaban J connectivity index is 2.87. The molecule has 4 nitrogen and oxygen atoms in total. The molecule has 0 radical (unpaired) electrons. The first-order valence-electron chi connectivity index (χ1n) is 3.04. The topological polar surface area (TPSA) is 67.2 Å². The van der Waals surface area contributed by atoms with E-state index in [-0.39, 0.29) is 5.75 Å². The molecule has 0 spiro atoms. The van der Waals surface area contributed by atoms with Crippen molar-refractivity contribution in [2.75, 3.05) is 0 Å². The third kappa shape index (κ3) is 2.25. The number of benzene rings is 1. The van der Waals surface area contributed by atoms with Gasteiger partial charge in [-0.05, 0) is 12.1 Å². The molecule has 0 amide bonds. The summed E-state index contributed by atoms with van der Waals surface area (Å²) in [6.07, 6.45) is 0. The quantitative estimate of drug-likeness (QED) is 0.387. The van der Waals surface area contributed by atoms with Gasteiger partial charge in [-0.25, -0.2) is 0 Å². The molecule has 0 N–H and O–H groups in total. The molecule has 62 valence electrons. The molecule has 0 saturated heterocycles. The molecule has 0 atom stereocenters. The minimum Gasteiger partial charge on any atom is -0.372 e. The van der Waals surface area contributed by atoms with E-state index in [1.165, 1.54) is 12.1 Å². The molecule has 0 fully saturated rings. The van der Waals surface area contributed by atoms with Crippen LogP contribution >= 0.6 is 0 Å². The summed E-state index contributed by atoms with van der Waals surface area (Å²) >= 11 is 0. The van der Waals surface area contributed by atoms with Gasteiger partial charge in [0.1, 0.15) is 5.75 Å². The number of para-hydroxylation sites is 1. The third-order valence-electron chi connectivity index (χ3n) is 1.06. The van der Waals surface area contributed by atoms with E-state index in [2.05, 4.69) is 4.18 Å². The maximum atomic E-state index is 10.6. The Morgan fingerprint density at radius 2 is 1.83 bits per heavy atom. The fraction of sp³-hybridized carbons (Fsp3) is 0. The Kier molecular flexibility index (Phi) is 2.31. The number of rotatable bonds is 2. The van der Waals surface area contributed by atoms with E-state index in [0.717, 1.165) is 5.40 Å². The largest absolute Gasteiger partial charge is 0.407 e. The third-order valence-corrected chi connectivity index (χ3v) is 1.70. The van der Waals surface area contributed by atoms with Crippen molar-refractivity contribution < 1.29 is 12.6 Å². The maximum Gasteiger partial charge on any atom is 0.407 e. The van der Waals surface area contributed by atoms with E-state index in [9.17, 15) is 8.42 Å². The van der Waals surface area contributed by atoms with Crippen LogP contribution in [0.2, 0.25) is 0 Å². The van der Waals surface area contributed by atoms with Crippen LogP contribution in [0, 0.1) is 10.7 Å². The molecule has 0 aliphatic heterocycles. The SMILES string of the molecule is N#CS(=O)(=O)Oc1ccccc1.